The number of hydrogen-bond acceptors (Lipinski definition) is 9. The molecule has 1 amide bonds. The average molecular weight is 529 g/mol. The van der Waals surface area contributed by atoms with E-state index in [1.165, 1.54) is 31.9 Å². The number of nitrogens with zero attached hydrogens (tertiary/aromatic N) is 1. The number of rotatable bonds is 9. The van der Waals surface area contributed by atoms with Crippen molar-refractivity contribution >= 4 is 17.8 Å². The number of pyridine rings is 1. The Labute approximate surface area is 223 Å². The highest BCUT2D eigenvalue weighted by atomic mass is 16.7. The minimum absolute atomic E-state index is 0.0253. The van der Waals surface area contributed by atoms with E-state index in [1.54, 1.807) is 0 Å². The molecule has 2 heterocycles. The topological polar surface area (TPSA) is 122 Å². The van der Waals surface area contributed by atoms with E-state index in [4.69, 9.17) is 23.7 Å². The molecule has 2 aromatic rings. The average Bonchev–Trinajstić information content (AvgIpc) is 2.94. The van der Waals surface area contributed by atoms with Gasteiger partial charge in [-0.3, -0.25) is 9.59 Å². The fourth-order valence-corrected chi connectivity index (χ4v) is 4.42. The molecule has 0 saturated carbocycles. The highest BCUT2D eigenvalue weighted by Crippen LogP contribution is 2.34. The summed E-state index contributed by atoms with van der Waals surface area (Å²) < 4.78 is 27.1. The maximum atomic E-state index is 13.1. The van der Waals surface area contributed by atoms with Gasteiger partial charge in [0.2, 0.25) is 6.79 Å². The van der Waals surface area contributed by atoms with Crippen LogP contribution in [0.4, 0.5) is 0 Å². The van der Waals surface area contributed by atoms with Crippen molar-refractivity contribution in [2.45, 2.75) is 58.1 Å². The number of nitrogens with one attached hydrogen (secondary N) is 1. The Morgan fingerprint density at radius 2 is 1.92 bits per heavy atom. The van der Waals surface area contributed by atoms with Crippen molar-refractivity contribution < 1.29 is 38.1 Å². The van der Waals surface area contributed by atoms with Crippen LogP contribution in [0, 0.1) is 5.92 Å². The third kappa shape index (κ3) is 7.67. The summed E-state index contributed by atoms with van der Waals surface area (Å²) >= 11 is 0. The molecule has 1 aromatic carbocycles. The Morgan fingerprint density at radius 3 is 2.61 bits per heavy atom. The Morgan fingerprint density at radius 1 is 1.18 bits per heavy atom. The molecule has 38 heavy (non-hydrogen) atoms. The van der Waals surface area contributed by atoms with Crippen molar-refractivity contribution in [2.24, 2.45) is 5.92 Å². The van der Waals surface area contributed by atoms with Gasteiger partial charge in [-0.15, -0.1) is 0 Å². The van der Waals surface area contributed by atoms with Crippen molar-refractivity contribution in [1.82, 2.24) is 10.3 Å². The first-order valence-electron chi connectivity index (χ1n) is 12.6. The van der Waals surface area contributed by atoms with Crippen LogP contribution in [0.25, 0.3) is 0 Å². The van der Waals surface area contributed by atoms with Crippen molar-refractivity contribution in [3.63, 3.8) is 0 Å². The standard InChI is InChI=1S/C28H36N2O8/c1-18-20(15-28(3,4)21-9-7-6-8-10-21)12-14-35-16-22(27(33)38-18)30-26(32)24-25(37-17-36-19(2)31)23(34-5)11-13-29-24/h6-11,13,18,20,22H,12,14-17H2,1-5H3,(H,30,32)/t18-,20-,22-/m0/s1. The molecule has 206 valence electrons. The highest BCUT2D eigenvalue weighted by Gasteiger charge is 2.34. The van der Waals surface area contributed by atoms with Gasteiger partial charge in [-0.05, 0) is 36.7 Å². The second kappa shape index (κ2) is 13.2. The predicted octanol–water partition coefficient (Wildman–Crippen LogP) is 3.42. The van der Waals surface area contributed by atoms with E-state index in [0.717, 1.165) is 6.42 Å². The van der Waals surface area contributed by atoms with Crippen molar-refractivity contribution in [1.29, 1.82) is 0 Å². The lowest BCUT2D eigenvalue weighted by atomic mass is 9.75. The maximum Gasteiger partial charge on any atom is 0.331 e. The smallest absolute Gasteiger partial charge is 0.331 e. The Kier molecular flexibility index (Phi) is 10.1. The molecule has 0 aliphatic carbocycles. The number of cyclic esters (lactones) is 1. The van der Waals surface area contributed by atoms with Gasteiger partial charge in [0.25, 0.3) is 5.91 Å². The summed E-state index contributed by atoms with van der Waals surface area (Å²) in [7, 11) is 1.40. The van der Waals surface area contributed by atoms with Gasteiger partial charge in [-0.1, -0.05) is 44.2 Å². The van der Waals surface area contributed by atoms with E-state index in [9.17, 15) is 14.4 Å². The van der Waals surface area contributed by atoms with Crippen LogP contribution in [-0.2, 0) is 29.2 Å². The van der Waals surface area contributed by atoms with Crippen LogP contribution in [0.15, 0.2) is 42.6 Å². The van der Waals surface area contributed by atoms with Gasteiger partial charge < -0.3 is 29.0 Å². The first kappa shape index (κ1) is 28.9. The molecule has 0 spiro atoms. The molecular weight excluding hydrogens is 492 g/mol. The lowest BCUT2D eigenvalue weighted by Crippen LogP contribution is -2.46. The van der Waals surface area contributed by atoms with Gasteiger partial charge in [-0.25, -0.2) is 9.78 Å². The molecule has 0 unspecified atom stereocenters. The molecule has 1 aromatic heterocycles. The Balaban J connectivity index is 1.71. The molecule has 10 heteroatoms. The molecule has 1 saturated heterocycles. The second-order valence-corrected chi connectivity index (χ2v) is 9.83. The highest BCUT2D eigenvalue weighted by molar-refractivity contribution is 5.98. The van der Waals surface area contributed by atoms with Crippen molar-refractivity contribution in [3.8, 4) is 11.5 Å². The zero-order valence-corrected chi connectivity index (χ0v) is 22.5. The molecule has 0 bridgehead atoms. The third-order valence-corrected chi connectivity index (χ3v) is 6.57. The quantitative estimate of drug-likeness (QED) is 0.385. The first-order valence-corrected chi connectivity index (χ1v) is 12.6. The van der Waals surface area contributed by atoms with Crippen LogP contribution >= 0.6 is 0 Å². The Bertz CT molecular complexity index is 1110. The van der Waals surface area contributed by atoms with Gasteiger partial charge in [0.15, 0.2) is 23.2 Å². The lowest BCUT2D eigenvalue weighted by Gasteiger charge is -2.33. The normalized spacial score (nSPS) is 20.2. The molecule has 1 aliphatic heterocycles. The summed E-state index contributed by atoms with van der Waals surface area (Å²) in [6.07, 6.45) is 2.48. The fraction of sp³-hybridized carbons (Fsp3) is 0.500. The zero-order chi connectivity index (χ0) is 27.7. The number of hydrogen-bond donors (Lipinski definition) is 1. The van der Waals surface area contributed by atoms with Gasteiger partial charge >= 0.3 is 11.9 Å². The number of carbonyl (C=O) groups is 3. The van der Waals surface area contributed by atoms with Gasteiger partial charge in [0.1, 0.15) is 6.10 Å². The number of ether oxygens (including phenoxy) is 5. The van der Waals surface area contributed by atoms with Crippen LogP contribution in [-0.4, -0.2) is 62.1 Å². The largest absolute Gasteiger partial charge is 0.493 e. The predicted molar refractivity (Wildman–Crippen MR) is 138 cm³/mol. The van der Waals surface area contributed by atoms with E-state index in [2.05, 4.69) is 36.3 Å². The Hall–Kier alpha value is -3.66. The van der Waals surface area contributed by atoms with Gasteiger partial charge in [0, 0.05) is 25.8 Å². The number of esters is 2. The summed E-state index contributed by atoms with van der Waals surface area (Å²) in [6, 6.07) is 10.7. The SMILES string of the molecule is COc1ccnc(C(=O)N[C@H]2COCC[C@@H](CC(C)(C)c3ccccc3)[C@H](C)OC2=O)c1OCOC(C)=O. The van der Waals surface area contributed by atoms with E-state index in [1.807, 2.05) is 25.1 Å². The van der Waals surface area contributed by atoms with E-state index in [-0.39, 0.29) is 41.2 Å². The van der Waals surface area contributed by atoms with Gasteiger partial charge in [0.05, 0.1) is 13.7 Å². The maximum absolute atomic E-state index is 13.1. The third-order valence-electron chi connectivity index (χ3n) is 6.57. The van der Waals surface area contributed by atoms with Gasteiger partial charge in [-0.2, -0.15) is 0 Å². The monoisotopic (exact) mass is 528 g/mol. The van der Waals surface area contributed by atoms with E-state index < -0.39 is 30.7 Å². The van der Waals surface area contributed by atoms with E-state index >= 15 is 0 Å². The van der Waals surface area contributed by atoms with Crippen LogP contribution in [0.3, 0.4) is 0 Å². The molecule has 10 nitrogen and oxygen atoms in total. The fourth-order valence-electron chi connectivity index (χ4n) is 4.42. The number of carbonyl (C=O) groups excluding carboxylic acids is 3. The van der Waals surface area contributed by atoms with E-state index in [0.29, 0.717) is 13.0 Å². The summed E-state index contributed by atoms with van der Waals surface area (Å²) in [6.45, 7) is 7.37. The van der Waals surface area contributed by atoms with Crippen LogP contribution in [0.2, 0.25) is 0 Å². The molecule has 3 rings (SSSR count). The summed E-state index contributed by atoms with van der Waals surface area (Å²) in [4.78, 5) is 41.4. The molecule has 1 aliphatic rings. The summed E-state index contributed by atoms with van der Waals surface area (Å²) in [5.74, 6) is -1.60. The van der Waals surface area contributed by atoms with Crippen molar-refractivity contribution in [3.05, 3.63) is 53.9 Å². The van der Waals surface area contributed by atoms with Crippen LogP contribution in [0.1, 0.15) is 56.6 Å². The lowest BCUT2D eigenvalue weighted by molar-refractivity contribution is -0.153. The molecular formula is C28H36N2O8. The molecule has 0 radical (unpaired) electrons. The molecule has 1 fully saturated rings. The summed E-state index contributed by atoms with van der Waals surface area (Å²) in [5.41, 5.74) is 0.941. The summed E-state index contributed by atoms with van der Waals surface area (Å²) in [5, 5.41) is 2.64. The molecule has 3 atom stereocenters. The minimum Gasteiger partial charge on any atom is -0.493 e. The first-order chi connectivity index (χ1) is 18.1. The minimum atomic E-state index is -1.06. The second-order valence-electron chi connectivity index (χ2n) is 9.83. The van der Waals surface area contributed by atoms with Crippen molar-refractivity contribution in [2.75, 3.05) is 27.1 Å². The number of amides is 1. The van der Waals surface area contributed by atoms with Crippen LogP contribution in [0.5, 0.6) is 11.5 Å². The zero-order valence-electron chi connectivity index (χ0n) is 22.5. The molecule has 1 N–H and O–H groups in total. The number of benzene rings is 1. The number of aromatic nitrogens is 1. The van der Waals surface area contributed by atoms with Crippen LogP contribution < -0.4 is 14.8 Å². The number of methoxy groups -OCH3 is 1.